The number of piperidine rings is 1. The highest BCUT2D eigenvalue weighted by atomic mass is 19.3. The molecule has 1 aliphatic heterocycles. The molecule has 1 aromatic rings. The summed E-state index contributed by atoms with van der Waals surface area (Å²) < 4.78 is 30.7. The van der Waals surface area contributed by atoms with E-state index < -0.39 is 24.3 Å². The molecule has 2 atom stereocenters. The summed E-state index contributed by atoms with van der Waals surface area (Å²) in [5, 5.41) is 2.67. The first kappa shape index (κ1) is 23.1. The molecule has 1 N–H and O–H groups in total. The smallest absolute Gasteiger partial charge is 0.255 e. The van der Waals surface area contributed by atoms with Crippen LogP contribution in [0.15, 0.2) is 24.5 Å². The lowest BCUT2D eigenvalue weighted by Crippen LogP contribution is -2.54. The van der Waals surface area contributed by atoms with Crippen LogP contribution in [0.3, 0.4) is 0 Å². The Labute approximate surface area is 171 Å². The first-order chi connectivity index (χ1) is 13.5. The van der Waals surface area contributed by atoms with E-state index >= 15 is 0 Å². The van der Waals surface area contributed by atoms with Crippen LogP contribution < -0.4 is 5.32 Å². The van der Waals surface area contributed by atoms with Crippen LogP contribution in [0, 0.1) is 11.8 Å². The van der Waals surface area contributed by atoms with Crippen molar-refractivity contribution in [3.8, 4) is 0 Å². The second-order valence-corrected chi connectivity index (χ2v) is 8.33. The predicted molar refractivity (Wildman–Crippen MR) is 109 cm³/mol. The van der Waals surface area contributed by atoms with E-state index in [1.165, 1.54) is 11.0 Å². The van der Waals surface area contributed by atoms with Gasteiger partial charge in [-0.1, -0.05) is 13.8 Å². The van der Waals surface area contributed by atoms with E-state index in [1.54, 1.807) is 25.1 Å². The maximum atomic E-state index is 14.4. The van der Waals surface area contributed by atoms with Crippen LogP contribution in [0.1, 0.15) is 25.8 Å². The van der Waals surface area contributed by atoms with E-state index in [-0.39, 0.29) is 37.4 Å². The third-order valence-electron chi connectivity index (χ3n) is 5.32. The minimum atomic E-state index is -2.92. The maximum absolute atomic E-state index is 14.4. The molecule has 2 unspecified atom stereocenters. The molecule has 0 saturated carbocycles. The number of likely N-dealkylation sites (N-methyl/N-ethyl adjacent to an activating group) is 1. The van der Waals surface area contributed by atoms with Crippen molar-refractivity contribution >= 4 is 17.9 Å². The summed E-state index contributed by atoms with van der Waals surface area (Å²) in [5.41, 5.74) is 0.871. The van der Waals surface area contributed by atoms with Crippen molar-refractivity contribution in [2.45, 2.75) is 32.2 Å². The number of nitrogens with one attached hydrogen (secondary N) is 1. The molecule has 8 heteroatoms. The van der Waals surface area contributed by atoms with E-state index in [0.717, 1.165) is 5.56 Å². The first-order valence-electron chi connectivity index (χ1n) is 9.92. The van der Waals surface area contributed by atoms with Gasteiger partial charge in [0.2, 0.25) is 11.8 Å². The van der Waals surface area contributed by atoms with Gasteiger partial charge in [-0.05, 0) is 37.7 Å². The van der Waals surface area contributed by atoms with E-state index in [4.69, 9.17) is 0 Å². The standard InChI is InChI=1S/C21H32F2N4O2/c1-15(2)19(25(3)4)20(29)24-12-17-14-27(11-9-21(17,22)23)18(28)7-6-16-8-10-26(5)13-16/h6-8,10,13,15,17,19H,9,11-12,14H2,1-5H3,(H,24,29)/b7-6+. The number of halogens is 2. The number of hydrogen-bond donors (Lipinski definition) is 1. The molecule has 1 aromatic heterocycles. The van der Waals surface area contributed by atoms with Crippen molar-refractivity contribution in [3.05, 3.63) is 30.1 Å². The van der Waals surface area contributed by atoms with Gasteiger partial charge in [-0.15, -0.1) is 0 Å². The fourth-order valence-electron chi connectivity index (χ4n) is 3.75. The average Bonchev–Trinajstić information content (AvgIpc) is 3.03. The molecule has 1 saturated heterocycles. The zero-order valence-corrected chi connectivity index (χ0v) is 17.9. The second-order valence-electron chi connectivity index (χ2n) is 8.33. The second kappa shape index (κ2) is 9.52. The summed E-state index contributed by atoms with van der Waals surface area (Å²) in [5.74, 6) is -4.54. The highest BCUT2D eigenvalue weighted by molar-refractivity contribution is 5.91. The highest BCUT2D eigenvalue weighted by Gasteiger charge is 2.45. The fraction of sp³-hybridized carbons (Fsp3) is 0.619. The van der Waals surface area contributed by atoms with Gasteiger partial charge in [-0.3, -0.25) is 14.5 Å². The summed E-state index contributed by atoms with van der Waals surface area (Å²) in [6, 6.07) is 1.47. The number of carbonyl (C=O) groups excluding carboxylic acids is 2. The fourth-order valence-corrected chi connectivity index (χ4v) is 3.75. The van der Waals surface area contributed by atoms with E-state index in [9.17, 15) is 18.4 Å². The van der Waals surface area contributed by atoms with Crippen LogP contribution in [0.25, 0.3) is 6.08 Å². The van der Waals surface area contributed by atoms with Crippen molar-refractivity contribution in [3.63, 3.8) is 0 Å². The number of alkyl halides is 2. The SMILES string of the molecule is CC(C)C(C(=O)NCC1CN(C(=O)/C=C/c2ccn(C)c2)CCC1(F)F)N(C)C. The van der Waals surface area contributed by atoms with Gasteiger partial charge in [0.1, 0.15) is 0 Å². The van der Waals surface area contributed by atoms with Gasteiger partial charge in [0, 0.05) is 51.6 Å². The Hall–Kier alpha value is -2.22. The van der Waals surface area contributed by atoms with Gasteiger partial charge in [0.25, 0.3) is 5.92 Å². The Morgan fingerprint density at radius 2 is 2.07 bits per heavy atom. The molecule has 0 spiro atoms. The number of nitrogens with zero attached hydrogens (tertiary/aromatic N) is 3. The molecule has 1 aliphatic rings. The zero-order valence-electron chi connectivity index (χ0n) is 17.9. The summed E-state index contributed by atoms with van der Waals surface area (Å²) >= 11 is 0. The van der Waals surface area contributed by atoms with Gasteiger partial charge >= 0.3 is 0 Å². The Bertz CT molecular complexity index is 735. The monoisotopic (exact) mass is 410 g/mol. The third-order valence-corrected chi connectivity index (χ3v) is 5.32. The van der Waals surface area contributed by atoms with Crippen LogP contribution >= 0.6 is 0 Å². The third kappa shape index (κ3) is 6.13. The van der Waals surface area contributed by atoms with Crippen LogP contribution in [0.5, 0.6) is 0 Å². The molecule has 0 radical (unpaired) electrons. The van der Waals surface area contributed by atoms with Crippen LogP contribution in [-0.4, -0.2) is 71.9 Å². The number of aryl methyl sites for hydroxylation is 1. The first-order valence-corrected chi connectivity index (χ1v) is 9.92. The number of aromatic nitrogens is 1. The average molecular weight is 411 g/mol. The van der Waals surface area contributed by atoms with Gasteiger partial charge < -0.3 is 14.8 Å². The Morgan fingerprint density at radius 3 is 2.62 bits per heavy atom. The lowest BCUT2D eigenvalue weighted by atomic mass is 9.92. The van der Waals surface area contributed by atoms with Crippen molar-refractivity contribution in [2.75, 3.05) is 33.7 Å². The summed E-state index contributed by atoms with van der Waals surface area (Å²) in [7, 11) is 5.46. The van der Waals surface area contributed by atoms with E-state index in [1.807, 2.05) is 43.9 Å². The van der Waals surface area contributed by atoms with Crippen molar-refractivity contribution in [2.24, 2.45) is 18.9 Å². The van der Waals surface area contributed by atoms with Crippen LogP contribution in [-0.2, 0) is 16.6 Å². The Kier molecular flexibility index (Phi) is 7.57. The summed E-state index contributed by atoms with van der Waals surface area (Å²) in [6.07, 6.45) is 6.41. The lowest BCUT2D eigenvalue weighted by molar-refractivity contribution is -0.141. The summed E-state index contributed by atoms with van der Waals surface area (Å²) in [4.78, 5) is 28.1. The summed E-state index contributed by atoms with van der Waals surface area (Å²) in [6.45, 7) is 3.59. The number of rotatable bonds is 7. The van der Waals surface area contributed by atoms with Gasteiger partial charge in [-0.25, -0.2) is 8.78 Å². The normalized spacial score (nSPS) is 20.4. The number of likely N-dealkylation sites (tertiary alicyclic amines) is 1. The number of hydrogen-bond acceptors (Lipinski definition) is 3. The molecular formula is C21H32F2N4O2. The van der Waals surface area contributed by atoms with E-state index in [2.05, 4.69) is 5.32 Å². The van der Waals surface area contributed by atoms with Gasteiger partial charge in [0.15, 0.2) is 0 Å². The van der Waals surface area contributed by atoms with Gasteiger partial charge in [-0.2, -0.15) is 0 Å². The minimum Gasteiger partial charge on any atom is -0.357 e. The predicted octanol–water partition coefficient (Wildman–Crippen LogP) is 2.22. The van der Waals surface area contributed by atoms with Crippen molar-refractivity contribution in [1.29, 1.82) is 0 Å². The van der Waals surface area contributed by atoms with E-state index in [0.29, 0.717) is 0 Å². The van der Waals surface area contributed by atoms with Crippen LogP contribution in [0.4, 0.5) is 8.78 Å². The molecule has 2 rings (SSSR count). The van der Waals surface area contributed by atoms with Gasteiger partial charge in [0.05, 0.1) is 12.0 Å². The molecule has 0 aromatic carbocycles. The lowest BCUT2D eigenvalue weighted by Gasteiger charge is -2.38. The quantitative estimate of drug-likeness (QED) is 0.702. The molecule has 29 heavy (non-hydrogen) atoms. The topological polar surface area (TPSA) is 57.6 Å². The molecular weight excluding hydrogens is 378 g/mol. The molecule has 162 valence electrons. The largest absolute Gasteiger partial charge is 0.357 e. The zero-order chi connectivity index (χ0) is 21.8. The highest BCUT2D eigenvalue weighted by Crippen LogP contribution is 2.33. The maximum Gasteiger partial charge on any atom is 0.255 e. The Balaban J connectivity index is 1.98. The van der Waals surface area contributed by atoms with Crippen LogP contribution in [0.2, 0.25) is 0 Å². The molecule has 6 nitrogen and oxygen atoms in total. The van der Waals surface area contributed by atoms with Crippen molar-refractivity contribution in [1.82, 2.24) is 19.7 Å². The molecule has 0 bridgehead atoms. The van der Waals surface area contributed by atoms with Crippen molar-refractivity contribution < 1.29 is 18.4 Å². The number of carbonyl (C=O) groups is 2. The minimum absolute atomic E-state index is 0.00171. The molecule has 1 fully saturated rings. The Morgan fingerprint density at radius 1 is 1.38 bits per heavy atom. The molecule has 0 aliphatic carbocycles. The molecule has 2 amide bonds. The molecule has 2 heterocycles. The number of amides is 2.